The summed E-state index contributed by atoms with van der Waals surface area (Å²) in [6.45, 7) is 3.78. The number of nitrogens with zero attached hydrogens (tertiary/aromatic N) is 2. The molecule has 1 atom stereocenters. The van der Waals surface area contributed by atoms with E-state index < -0.39 is 11.1 Å². The van der Waals surface area contributed by atoms with Gasteiger partial charge in [-0.15, -0.1) is 0 Å². The van der Waals surface area contributed by atoms with Crippen LogP contribution in [0, 0.1) is 0 Å². The molecule has 1 aromatic rings. The highest BCUT2D eigenvalue weighted by Crippen LogP contribution is 2.14. The van der Waals surface area contributed by atoms with Gasteiger partial charge in [0, 0.05) is 32.3 Å². The molecule has 0 spiro atoms. The molecule has 0 aromatic heterocycles. The predicted molar refractivity (Wildman–Crippen MR) is 89.7 cm³/mol. The molecule has 130 valence electrons. The number of amides is 2. The highest BCUT2D eigenvalue weighted by Gasteiger charge is 2.23. The summed E-state index contributed by atoms with van der Waals surface area (Å²) >= 11 is -2.11. The zero-order valence-electron chi connectivity index (χ0n) is 13.4. The molecule has 1 aromatic carbocycles. The van der Waals surface area contributed by atoms with Gasteiger partial charge in [0.25, 0.3) is 0 Å². The summed E-state index contributed by atoms with van der Waals surface area (Å²) in [5, 5.41) is 0. The maximum absolute atomic E-state index is 12.2. The molecule has 0 radical (unpaired) electrons. The van der Waals surface area contributed by atoms with Crippen molar-refractivity contribution in [3.05, 3.63) is 35.9 Å². The van der Waals surface area contributed by atoms with Crippen LogP contribution in [-0.4, -0.2) is 63.3 Å². The monoisotopic (exact) mass is 352 g/mol. The second-order valence-electron chi connectivity index (χ2n) is 5.13. The smallest absolute Gasteiger partial charge is 0.409 e. The maximum atomic E-state index is 12.2. The van der Waals surface area contributed by atoms with Crippen molar-refractivity contribution in [2.45, 2.75) is 11.8 Å². The molecular weight excluding hydrogens is 332 g/mol. The maximum Gasteiger partial charge on any atom is 0.409 e. The number of ether oxygens (including phenoxy) is 1. The lowest BCUT2D eigenvalue weighted by Gasteiger charge is -2.33. The van der Waals surface area contributed by atoms with Gasteiger partial charge in [-0.2, -0.15) is 0 Å². The Labute approximate surface area is 143 Å². The third-order valence-corrected chi connectivity index (χ3v) is 4.38. The summed E-state index contributed by atoms with van der Waals surface area (Å²) in [5.74, 6) is -0.197. The fourth-order valence-electron chi connectivity index (χ4n) is 2.37. The zero-order chi connectivity index (χ0) is 17.5. The van der Waals surface area contributed by atoms with Gasteiger partial charge in [-0.1, -0.05) is 18.2 Å². The van der Waals surface area contributed by atoms with Crippen molar-refractivity contribution in [3.8, 4) is 0 Å². The van der Waals surface area contributed by atoms with Gasteiger partial charge >= 0.3 is 6.09 Å². The van der Waals surface area contributed by atoms with Crippen molar-refractivity contribution in [2.75, 3.05) is 32.8 Å². The average Bonchev–Trinajstić information content (AvgIpc) is 2.60. The van der Waals surface area contributed by atoms with Gasteiger partial charge in [-0.3, -0.25) is 4.79 Å². The fraction of sp³-hybridized carbons (Fsp3) is 0.375. The van der Waals surface area contributed by atoms with Crippen LogP contribution in [0.4, 0.5) is 4.79 Å². The second-order valence-corrected chi connectivity index (χ2v) is 6.07. The minimum atomic E-state index is -2.11. The first-order valence-corrected chi connectivity index (χ1v) is 8.72. The summed E-state index contributed by atoms with van der Waals surface area (Å²) in [7, 11) is 0. The van der Waals surface area contributed by atoms with Crippen LogP contribution >= 0.6 is 0 Å². The first-order valence-electron chi connectivity index (χ1n) is 7.61. The molecule has 8 heteroatoms. The van der Waals surface area contributed by atoms with Crippen molar-refractivity contribution in [3.63, 3.8) is 0 Å². The molecule has 0 aliphatic carbocycles. The molecule has 1 heterocycles. The molecule has 24 heavy (non-hydrogen) atoms. The van der Waals surface area contributed by atoms with Crippen molar-refractivity contribution in [2.24, 2.45) is 0 Å². The molecule has 7 nitrogen and oxygen atoms in total. The van der Waals surface area contributed by atoms with Crippen LogP contribution in [0.25, 0.3) is 6.08 Å². The van der Waals surface area contributed by atoms with Crippen LogP contribution in [0.1, 0.15) is 12.5 Å². The van der Waals surface area contributed by atoms with Crippen LogP contribution in [0.5, 0.6) is 0 Å². The number of benzene rings is 1. The molecule has 1 unspecified atom stereocenters. The van der Waals surface area contributed by atoms with E-state index in [9.17, 15) is 18.4 Å². The summed E-state index contributed by atoms with van der Waals surface area (Å²) in [6, 6.07) is 6.61. The molecular formula is C16H20N2O5S. The normalized spacial score (nSPS) is 16.2. The number of carbonyl (C=O) groups excluding carboxylic acids is 2. The van der Waals surface area contributed by atoms with Crippen molar-refractivity contribution >= 4 is 29.2 Å². The van der Waals surface area contributed by atoms with E-state index >= 15 is 0 Å². The summed E-state index contributed by atoms with van der Waals surface area (Å²) in [5.41, 5.74) is 0.525. The summed E-state index contributed by atoms with van der Waals surface area (Å²) in [6.07, 6.45) is 2.55. The highest BCUT2D eigenvalue weighted by atomic mass is 32.2. The van der Waals surface area contributed by atoms with E-state index in [4.69, 9.17) is 4.74 Å². The molecule has 1 saturated heterocycles. The van der Waals surface area contributed by atoms with E-state index in [1.165, 1.54) is 12.2 Å². The van der Waals surface area contributed by atoms with E-state index in [2.05, 4.69) is 0 Å². The Bertz CT molecular complexity index is 654. The Balaban J connectivity index is 1.95. The Morgan fingerprint density at radius 3 is 2.46 bits per heavy atom. The zero-order valence-corrected chi connectivity index (χ0v) is 14.2. The number of carbonyl (C=O) groups is 2. The lowest BCUT2D eigenvalue weighted by Crippen LogP contribution is -2.50. The van der Waals surface area contributed by atoms with Gasteiger partial charge in [0.05, 0.1) is 11.5 Å². The molecule has 2 rings (SSSR count). The van der Waals surface area contributed by atoms with E-state index in [1.807, 2.05) is 0 Å². The molecule has 0 bridgehead atoms. The molecule has 1 aliphatic heterocycles. The minimum absolute atomic E-state index is 0.197. The van der Waals surface area contributed by atoms with Crippen LogP contribution in [0.3, 0.4) is 0 Å². The van der Waals surface area contributed by atoms with Gasteiger partial charge in [-0.05, 0) is 24.6 Å². The average molecular weight is 352 g/mol. The SMILES string of the molecule is CCOC(=O)N1CCN(C(=O)/C=C/c2ccccc2S(=O)O)CC1. The first kappa shape index (κ1) is 18.2. The Morgan fingerprint density at radius 2 is 1.83 bits per heavy atom. The van der Waals surface area contributed by atoms with E-state index in [0.29, 0.717) is 38.3 Å². The first-order chi connectivity index (χ1) is 11.5. The van der Waals surface area contributed by atoms with E-state index in [0.717, 1.165) is 0 Å². The van der Waals surface area contributed by atoms with Crippen LogP contribution in [0.15, 0.2) is 35.2 Å². The number of hydrogen-bond donors (Lipinski definition) is 1. The Morgan fingerprint density at radius 1 is 1.21 bits per heavy atom. The minimum Gasteiger partial charge on any atom is -0.450 e. The molecule has 1 N–H and O–H groups in total. The number of hydrogen-bond acceptors (Lipinski definition) is 4. The lowest BCUT2D eigenvalue weighted by molar-refractivity contribution is -0.127. The van der Waals surface area contributed by atoms with Crippen molar-refractivity contribution < 1.29 is 23.1 Å². The van der Waals surface area contributed by atoms with E-state index in [-0.39, 0.29) is 16.9 Å². The van der Waals surface area contributed by atoms with Crippen LogP contribution in [0.2, 0.25) is 0 Å². The number of piperazine rings is 1. The molecule has 1 aliphatic rings. The van der Waals surface area contributed by atoms with Gasteiger partial charge in [0.1, 0.15) is 0 Å². The van der Waals surface area contributed by atoms with Gasteiger partial charge in [0.15, 0.2) is 11.1 Å². The largest absolute Gasteiger partial charge is 0.450 e. The highest BCUT2D eigenvalue weighted by molar-refractivity contribution is 7.79. The van der Waals surface area contributed by atoms with Gasteiger partial charge in [0.2, 0.25) is 5.91 Å². The summed E-state index contributed by atoms with van der Waals surface area (Å²) < 4.78 is 25.4. The predicted octanol–water partition coefficient (Wildman–Crippen LogP) is 1.58. The third kappa shape index (κ3) is 4.65. The quantitative estimate of drug-likeness (QED) is 0.657. The summed E-state index contributed by atoms with van der Waals surface area (Å²) in [4.78, 5) is 27.3. The van der Waals surface area contributed by atoms with Crippen molar-refractivity contribution in [1.82, 2.24) is 9.80 Å². The Kier molecular flexibility index (Phi) is 6.51. The van der Waals surface area contributed by atoms with E-state index in [1.54, 1.807) is 41.0 Å². The molecule has 0 saturated carbocycles. The van der Waals surface area contributed by atoms with Gasteiger partial charge in [-0.25, -0.2) is 9.00 Å². The fourth-order valence-corrected chi connectivity index (χ4v) is 2.90. The third-order valence-electron chi connectivity index (χ3n) is 3.63. The number of rotatable bonds is 4. The Hall–Kier alpha value is -2.19. The molecule has 2 amide bonds. The second kappa shape index (κ2) is 8.60. The van der Waals surface area contributed by atoms with Gasteiger partial charge < -0.3 is 19.1 Å². The van der Waals surface area contributed by atoms with Crippen LogP contribution in [-0.2, 0) is 20.6 Å². The van der Waals surface area contributed by atoms with Crippen LogP contribution < -0.4 is 0 Å². The van der Waals surface area contributed by atoms with Crippen molar-refractivity contribution in [1.29, 1.82) is 0 Å². The lowest BCUT2D eigenvalue weighted by atomic mass is 10.2. The standard InChI is InChI=1S/C16H20N2O5S/c1-2-23-16(20)18-11-9-17(10-12-18)15(19)8-7-13-5-3-4-6-14(13)24(21)22/h3-8H,2,9-12H2,1H3,(H,21,22)/b8-7+. The topological polar surface area (TPSA) is 87.2 Å². The molecule has 1 fully saturated rings.